The molecule has 1 atom stereocenters. The molecule has 0 amide bonds. The van der Waals surface area contributed by atoms with E-state index in [-0.39, 0.29) is 11.6 Å². The molecule has 1 aromatic heterocycles. The highest BCUT2D eigenvalue weighted by atomic mass is 16.5. The van der Waals surface area contributed by atoms with E-state index < -0.39 is 0 Å². The molecule has 118 valence electrons. The van der Waals surface area contributed by atoms with Crippen LogP contribution in [0.1, 0.15) is 51.3 Å². The Labute approximate surface area is 127 Å². The summed E-state index contributed by atoms with van der Waals surface area (Å²) in [6.07, 6.45) is 5.46. The number of aromatic nitrogens is 2. The SMILES string of the molecule is Cc1nc(OCC2CCCCO2)ncc1CNC(C)(C)C. The van der Waals surface area contributed by atoms with Crippen LogP contribution in [0.4, 0.5) is 0 Å². The minimum atomic E-state index is 0.0833. The van der Waals surface area contributed by atoms with Crippen molar-refractivity contribution in [3.05, 3.63) is 17.5 Å². The van der Waals surface area contributed by atoms with Gasteiger partial charge in [0.25, 0.3) is 0 Å². The van der Waals surface area contributed by atoms with Gasteiger partial charge in [-0.05, 0) is 47.0 Å². The van der Waals surface area contributed by atoms with Crippen LogP contribution in [0.5, 0.6) is 6.01 Å². The van der Waals surface area contributed by atoms with Crippen molar-refractivity contribution >= 4 is 0 Å². The van der Waals surface area contributed by atoms with Crippen molar-refractivity contribution in [3.63, 3.8) is 0 Å². The van der Waals surface area contributed by atoms with Gasteiger partial charge in [0.2, 0.25) is 0 Å². The molecule has 0 aromatic carbocycles. The summed E-state index contributed by atoms with van der Waals surface area (Å²) in [4.78, 5) is 8.73. The second-order valence-electron chi connectivity index (χ2n) is 6.67. The van der Waals surface area contributed by atoms with Crippen molar-refractivity contribution in [1.82, 2.24) is 15.3 Å². The molecule has 0 saturated carbocycles. The summed E-state index contributed by atoms with van der Waals surface area (Å²) in [5.41, 5.74) is 2.15. The van der Waals surface area contributed by atoms with Crippen molar-refractivity contribution in [2.45, 2.75) is 65.1 Å². The maximum absolute atomic E-state index is 5.66. The summed E-state index contributed by atoms with van der Waals surface area (Å²) in [6.45, 7) is 10.6. The molecule has 0 aliphatic carbocycles. The molecule has 0 bridgehead atoms. The topological polar surface area (TPSA) is 56.3 Å². The highest BCUT2D eigenvalue weighted by Gasteiger charge is 2.15. The molecule has 2 rings (SSSR count). The highest BCUT2D eigenvalue weighted by molar-refractivity contribution is 5.17. The van der Waals surface area contributed by atoms with Gasteiger partial charge in [-0.1, -0.05) is 0 Å². The minimum Gasteiger partial charge on any atom is -0.461 e. The van der Waals surface area contributed by atoms with Gasteiger partial charge in [0.15, 0.2) is 0 Å². The first-order chi connectivity index (χ1) is 9.94. The lowest BCUT2D eigenvalue weighted by molar-refractivity contribution is -0.0129. The maximum atomic E-state index is 5.66. The lowest BCUT2D eigenvalue weighted by Gasteiger charge is -2.22. The second-order valence-corrected chi connectivity index (χ2v) is 6.67. The number of hydrogen-bond donors (Lipinski definition) is 1. The maximum Gasteiger partial charge on any atom is 0.316 e. The molecular weight excluding hydrogens is 266 g/mol. The van der Waals surface area contributed by atoms with Gasteiger partial charge in [-0.3, -0.25) is 0 Å². The molecule has 1 saturated heterocycles. The Kier molecular flexibility index (Phi) is 5.53. The normalized spacial score (nSPS) is 19.5. The molecular formula is C16H27N3O2. The third-order valence-electron chi connectivity index (χ3n) is 3.54. The quantitative estimate of drug-likeness (QED) is 0.904. The number of nitrogens with one attached hydrogen (secondary N) is 1. The van der Waals surface area contributed by atoms with Crippen LogP contribution in [0.15, 0.2) is 6.20 Å². The smallest absolute Gasteiger partial charge is 0.316 e. The lowest BCUT2D eigenvalue weighted by atomic mass is 10.1. The Balaban J connectivity index is 1.86. The van der Waals surface area contributed by atoms with E-state index in [2.05, 4.69) is 36.1 Å². The minimum absolute atomic E-state index is 0.0833. The average molecular weight is 293 g/mol. The third-order valence-corrected chi connectivity index (χ3v) is 3.54. The molecule has 2 heterocycles. The second kappa shape index (κ2) is 7.18. The van der Waals surface area contributed by atoms with Crippen molar-refractivity contribution in [1.29, 1.82) is 0 Å². The molecule has 1 fully saturated rings. The van der Waals surface area contributed by atoms with Crippen LogP contribution >= 0.6 is 0 Å². The number of hydrogen-bond acceptors (Lipinski definition) is 5. The van der Waals surface area contributed by atoms with E-state index in [4.69, 9.17) is 9.47 Å². The molecule has 1 N–H and O–H groups in total. The van der Waals surface area contributed by atoms with Crippen molar-refractivity contribution in [2.24, 2.45) is 0 Å². The number of aryl methyl sites for hydroxylation is 1. The first-order valence-electron chi connectivity index (χ1n) is 7.76. The fourth-order valence-electron chi connectivity index (χ4n) is 2.18. The fraction of sp³-hybridized carbons (Fsp3) is 0.750. The molecule has 5 heteroatoms. The molecule has 1 aliphatic heterocycles. The van der Waals surface area contributed by atoms with Gasteiger partial charge < -0.3 is 14.8 Å². The van der Waals surface area contributed by atoms with Crippen LogP contribution in [0.3, 0.4) is 0 Å². The van der Waals surface area contributed by atoms with Gasteiger partial charge in [-0.15, -0.1) is 0 Å². The first kappa shape index (κ1) is 16.2. The Morgan fingerprint density at radius 3 is 2.81 bits per heavy atom. The highest BCUT2D eigenvalue weighted by Crippen LogP contribution is 2.15. The third kappa shape index (κ3) is 5.59. The van der Waals surface area contributed by atoms with Gasteiger partial charge in [0.1, 0.15) is 6.61 Å². The van der Waals surface area contributed by atoms with E-state index in [9.17, 15) is 0 Å². The van der Waals surface area contributed by atoms with E-state index in [0.29, 0.717) is 12.6 Å². The van der Waals surface area contributed by atoms with Crippen LogP contribution in [-0.2, 0) is 11.3 Å². The Morgan fingerprint density at radius 1 is 1.38 bits per heavy atom. The zero-order valence-electron chi connectivity index (χ0n) is 13.6. The Morgan fingerprint density at radius 2 is 2.19 bits per heavy atom. The van der Waals surface area contributed by atoms with Crippen LogP contribution in [0.25, 0.3) is 0 Å². The molecule has 0 spiro atoms. The van der Waals surface area contributed by atoms with E-state index >= 15 is 0 Å². The van der Waals surface area contributed by atoms with Crippen LogP contribution in [-0.4, -0.2) is 34.8 Å². The van der Waals surface area contributed by atoms with Crippen molar-refractivity contribution in [3.8, 4) is 6.01 Å². The van der Waals surface area contributed by atoms with E-state index in [1.807, 2.05) is 13.1 Å². The molecule has 1 aromatic rings. The number of nitrogens with zero attached hydrogens (tertiary/aromatic N) is 2. The van der Waals surface area contributed by atoms with Gasteiger partial charge in [-0.25, -0.2) is 9.97 Å². The molecule has 5 nitrogen and oxygen atoms in total. The van der Waals surface area contributed by atoms with Crippen molar-refractivity contribution in [2.75, 3.05) is 13.2 Å². The fourth-order valence-corrected chi connectivity index (χ4v) is 2.18. The van der Waals surface area contributed by atoms with E-state index in [1.165, 1.54) is 6.42 Å². The van der Waals surface area contributed by atoms with Gasteiger partial charge in [0.05, 0.1) is 6.10 Å². The number of ether oxygens (including phenoxy) is 2. The van der Waals surface area contributed by atoms with E-state index in [1.54, 1.807) is 0 Å². The summed E-state index contributed by atoms with van der Waals surface area (Å²) in [5.74, 6) is 0. The Hall–Kier alpha value is -1.20. The van der Waals surface area contributed by atoms with Crippen molar-refractivity contribution < 1.29 is 9.47 Å². The lowest BCUT2D eigenvalue weighted by Crippen LogP contribution is -2.35. The average Bonchev–Trinajstić information content (AvgIpc) is 2.44. The summed E-state index contributed by atoms with van der Waals surface area (Å²) < 4.78 is 11.3. The molecule has 21 heavy (non-hydrogen) atoms. The molecule has 1 aliphatic rings. The summed E-state index contributed by atoms with van der Waals surface area (Å²) >= 11 is 0. The summed E-state index contributed by atoms with van der Waals surface area (Å²) in [6, 6.07) is 0.446. The number of rotatable bonds is 5. The van der Waals surface area contributed by atoms with E-state index in [0.717, 1.165) is 37.3 Å². The van der Waals surface area contributed by atoms with Gasteiger partial charge >= 0.3 is 6.01 Å². The molecule has 1 unspecified atom stereocenters. The standard InChI is InChI=1S/C16H27N3O2/c1-12-13(10-18-16(2,3)4)9-17-15(19-12)21-11-14-7-5-6-8-20-14/h9,14,18H,5-8,10-11H2,1-4H3. The van der Waals surface area contributed by atoms with Crippen LogP contribution < -0.4 is 10.1 Å². The Bertz CT molecular complexity index is 451. The predicted molar refractivity (Wildman–Crippen MR) is 82.4 cm³/mol. The summed E-state index contributed by atoms with van der Waals surface area (Å²) in [7, 11) is 0. The van der Waals surface area contributed by atoms with Crippen LogP contribution in [0.2, 0.25) is 0 Å². The first-order valence-corrected chi connectivity index (χ1v) is 7.76. The molecule has 0 radical (unpaired) electrons. The monoisotopic (exact) mass is 293 g/mol. The predicted octanol–water partition coefficient (Wildman–Crippen LogP) is 2.62. The van der Waals surface area contributed by atoms with Gasteiger partial charge in [0, 0.05) is 36.1 Å². The summed E-state index contributed by atoms with van der Waals surface area (Å²) in [5, 5.41) is 3.44. The zero-order valence-corrected chi connectivity index (χ0v) is 13.6. The van der Waals surface area contributed by atoms with Gasteiger partial charge in [-0.2, -0.15) is 0 Å². The zero-order chi connectivity index (χ0) is 15.3. The van der Waals surface area contributed by atoms with Crippen LogP contribution in [0, 0.1) is 6.92 Å². The largest absolute Gasteiger partial charge is 0.461 e.